The summed E-state index contributed by atoms with van der Waals surface area (Å²) in [7, 11) is 0. The molecule has 17 heteroatoms. The van der Waals surface area contributed by atoms with E-state index in [9.17, 15) is 78.0 Å². The molecule has 0 aliphatic carbocycles. The third-order valence-electron chi connectivity index (χ3n) is 7.32. The summed E-state index contributed by atoms with van der Waals surface area (Å²) in [5.74, 6) is -14.7. The van der Waals surface area contributed by atoms with Crippen LogP contribution in [-0.2, 0) is 79.3 Å². The number of carboxylic acids is 4. The average molecular weight is 789 g/mol. The second-order valence-corrected chi connectivity index (χ2v) is 13.2. The number of ketones is 8. The van der Waals surface area contributed by atoms with E-state index in [0.29, 0.717) is 0 Å². The number of hydrogen-bond donors (Lipinski definition) is 0. The first-order valence-electron chi connectivity index (χ1n) is 16.5. The SMILES string of the molecule is CC(C)C(=O)CC(=O)C(C)C(=O)[O-].CC(C)C(=O)CC(=O)C(C)C(=O)[O-].CC(C)C(=O)CC(=O)C(C)C(=O)[O-].CC(C)C(=O)CC(=O)C(C)C(=O)[O-].[Ti+4]. The zero-order valence-corrected chi connectivity index (χ0v) is 34.0. The van der Waals surface area contributed by atoms with Crippen molar-refractivity contribution in [3.8, 4) is 0 Å². The molecule has 0 aliphatic heterocycles. The summed E-state index contributed by atoms with van der Waals surface area (Å²) in [4.78, 5) is 129. The third-order valence-corrected chi connectivity index (χ3v) is 7.32. The summed E-state index contributed by atoms with van der Waals surface area (Å²) in [6.45, 7) is 18.2. The van der Waals surface area contributed by atoms with Crippen LogP contribution < -0.4 is 20.4 Å². The molecule has 0 aromatic rings. The van der Waals surface area contributed by atoms with Crippen LogP contribution in [0.25, 0.3) is 0 Å². The Balaban J connectivity index is -0.000000192. The van der Waals surface area contributed by atoms with Crippen molar-refractivity contribution in [2.75, 3.05) is 0 Å². The minimum Gasteiger partial charge on any atom is -0.549 e. The molecular formula is C36H52O16Ti. The molecule has 0 bridgehead atoms. The summed E-state index contributed by atoms with van der Waals surface area (Å²) in [5, 5.41) is 41.0. The smallest absolute Gasteiger partial charge is 0.549 e. The average Bonchev–Trinajstić information content (AvgIpc) is 3.03. The van der Waals surface area contributed by atoms with E-state index in [1.54, 1.807) is 55.4 Å². The maximum atomic E-state index is 11.1. The molecule has 0 N–H and O–H groups in total. The van der Waals surface area contributed by atoms with Crippen LogP contribution in [0.2, 0.25) is 0 Å². The first-order valence-corrected chi connectivity index (χ1v) is 16.5. The van der Waals surface area contributed by atoms with Gasteiger partial charge >= 0.3 is 21.7 Å². The second kappa shape index (κ2) is 29.4. The molecule has 53 heavy (non-hydrogen) atoms. The van der Waals surface area contributed by atoms with Gasteiger partial charge in [-0.25, -0.2) is 0 Å². The van der Waals surface area contributed by atoms with Crippen molar-refractivity contribution in [3.05, 3.63) is 0 Å². The molecule has 0 heterocycles. The Labute approximate surface area is 325 Å². The number of Topliss-reactive ketones (excluding diaryl/α,β-unsaturated/α-hetero) is 8. The minimum absolute atomic E-state index is 0. The van der Waals surface area contributed by atoms with Gasteiger partial charge in [0, 0.05) is 23.7 Å². The quantitative estimate of drug-likeness (QED) is 0.0973. The summed E-state index contributed by atoms with van der Waals surface area (Å²) in [6, 6.07) is 0. The Kier molecular flexibility index (Phi) is 32.3. The van der Waals surface area contributed by atoms with Crippen LogP contribution in [0.5, 0.6) is 0 Å². The maximum Gasteiger partial charge on any atom is 4.00 e. The van der Waals surface area contributed by atoms with Gasteiger partial charge in [0.15, 0.2) is 0 Å². The Bertz CT molecular complexity index is 1130. The van der Waals surface area contributed by atoms with Gasteiger partial charge in [0.25, 0.3) is 0 Å². The van der Waals surface area contributed by atoms with Crippen molar-refractivity contribution in [1.29, 1.82) is 0 Å². The fourth-order valence-corrected chi connectivity index (χ4v) is 2.64. The Hall–Kier alpha value is -4.05. The molecule has 0 radical (unpaired) electrons. The molecule has 0 aromatic heterocycles. The Morgan fingerprint density at radius 1 is 0.283 bits per heavy atom. The van der Waals surface area contributed by atoms with Crippen molar-refractivity contribution in [2.24, 2.45) is 47.3 Å². The summed E-state index contributed by atoms with van der Waals surface area (Å²) in [6.07, 6.45) is -1.25. The van der Waals surface area contributed by atoms with Crippen LogP contribution in [0.15, 0.2) is 0 Å². The van der Waals surface area contributed by atoms with Crippen LogP contribution >= 0.6 is 0 Å². The molecule has 0 amide bonds. The van der Waals surface area contributed by atoms with Crippen molar-refractivity contribution in [3.63, 3.8) is 0 Å². The number of carboxylic acid groups (broad SMARTS) is 4. The van der Waals surface area contributed by atoms with E-state index < -0.39 is 70.7 Å². The molecule has 0 aliphatic rings. The van der Waals surface area contributed by atoms with Crippen LogP contribution in [0.1, 0.15) is 109 Å². The third kappa shape index (κ3) is 28.2. The van der Waals surface area contributed by atoms with E-state index in [0.717, 1.165) is 0 Å². The first kappa shape index (κ1) is 58.3. The summed E-state index contributed by atoms with van der Waals surface area (Å²) in [5.41, 5.74) is 0. The normalized spacial score (nSPS) is 12.4. The molecule has 0 saturated carbocycles. The zero-order chi connectivity index (χ0) is 42.4. The molecule has 0 spiro atoms. The van der Waals surface area contributed by atoms with Gasteiger partial charge in [-0.3, -0.25) is 38.4 Å². The Morgan fingerprint density at radius 3 is 0.472 bits per heavy atom. The molecule has 16 nitrogen and oxygen atoms in total. The summed E-state index contributed by atoms with van der Waals surface area (Å²) < 4.78 is 0. The second-order valence-electron chi connectivity index (χ2n) is 13.2. The van der Waals surface area contributed by atoms with Crippen LogP contribution in [0.3, 0.4) is 0 Å². The standard InChI is InChI=1S/4C9H14O4.Ti/c4*1-5(2)7(10)4-8(11)6(3)9(12)13;/h4*5-6H,4H2,1-3H3,(H,12,13);/q;;;;+4/p-4. The largest absolute Gasteiger partial charge is 4.00 e. The number of hydrogen-bond acceptors (Lipinski definition) is 16. The predicted molar refractivity (Wildman–Crippen MR) is 175 cm³/mol. The monoisotopic (exact) mass is 788 g/mol. The minimum atomic E-state index is -1.43. The number of rotatable bonds is 20. The molecule has 0 aromatic carbocycles. The summed E-state index contributed by atoms with van der Waals surface area (Å²) >= 11 is 0. The molecule has 0 rings (SSSR count). The van der Waals surface area contributed by atoms with Crippen molar-refractivity contribution < 1.29 is 99.7 Å². The van der Waals surface area contributed by atoms with Gasteiger partial charge in [-0.1, -0.05) is 83.1 Å². The zero-order valence-electron chi connectivity index (χ0n) is 32.5. The number of aliphatic carboxylic acids is 4. The van der Waals surface area contributed by atoms with E-state index in [1.165, 1.54) is 27.7 Å². The first-order chi connectivity index (χ1) is 23.4. The molecule has 4 atom stereocenters. The van der Waals surface area contributed by atoms with Crippen molar-refractivity contribution >= 4 is 70.1 Å². The maximum absolute atomic E-state index is 11.1. The number of carbonyl (C=O) groups is 12. The molecule has 0 saturated heterocycles. The van der Waals surface area contributed by atoms with Crippen molar-refractivity contribution in [1.82, 2.24) is 0 Å². The molecular weight excluding hydrogens is 736 g/mol. The van der Waals surface area contributed by atoms with Crippen LogP contribution in [0.4, 0.5) is 0 Å². The van der Waals surface area contributed by atoms with Gasteiger partial charge in [-0.05, 0) is 0 Å². The molecule has 4 unspecified atom stereocenters. The topological polar surface area (TPSA) is 297 Å². The Morgan fingerprint density at radius 2 is 0.396 bits per heavy atom. The van der Waals surface area contributed by atoms with Gasteiger partial charge in [0.05, 0.1) is 73.2 Å². The predicted octanol–water partition coefficient (Wildman–Crippen LogP) is -1.78. The fraction of sp³-hybridized carbons (Fsp3) is 0.667. The van der Waals surface area contributed by atoms with Gasteiger partial charge < -0.3 is 39.6 Å². The van der Waals surface area contributed by atoms with E-state index in [1.807, 2.05) is 0 Å². The van der Waals surface area contributed by atoms with E-state index >= 15 is 0 Å². The molecule has 0 fully saturated rings. The van der Waals surface area contributed by atoms with E-state index in [-0.39, 0.29) is 94.2 Å². The van der Waals surface area contributed by atoms with E-state index in [2.05, 4.69) is 0 Å². The fourth-order valence-electron chi connectivity index (χ4n) is 2.64. The van der Waals surface area contributed by atoms with Crippen LogP contribution in [0, 0.1) is 47.3 Å². The van der Waals surface area contributed by atoms with Gasteiger partial charge in [-0.2, -0.15) is 0 Å². The van der Waals surface area contributed by atoms with Gasteiger partial charge in [0.2, 0.25) is 0 Å². The van der Waals surface area contributed by atoms with Crippen molar-refractivity contribution in [2.45, 2.75) is 109 Å². The molecule has 296 valence electrons. The van der Waals surface area contributed by atoms with E-state index in [4.69, 9.17) is 0 Å². The van der Waals surface area contributed by atoms with Gasteiger partial charge in [-0.15, -0.1) is 0 Å². The van der Waals surface area contributed by atoms with Gasteiger partial charge in [0.1, 0.15) is 46.3 Å². The number of carbonyl (C=O) groups excluding carboxylic acids is 12. The van der Waals surface area contributed by atoms with Crippen LogP contribution in [-0.4, -0.2) is 70.1 Å².